The smallest absolute Gasteiger partial charge is 0.126 e. The van der Waals surface area contributed by atoms with Crippen molar-refractivity contribution in [1.82, 2.24) is 5.43 Å². The summed E-state index contributed by atoms with van der Waals surface area (Å²) in [6, 6.07) is 12.4. The van der Waals surface area contributed by atoms with Crippen molar-refractivity contribution in [3.05, 3.63) is 68.4 Å². The summed E-state index contributed by atoms with van der Waals surface area (Å²) in [5, 5.41) is 0. The zero-order valence-electron chi connectivity index (χ0n) is 10.0. The summed E-state index contributed by atoms with van der Waals surface area (Å²) in [5.41, 5.74) is 4.38. The highest BCUT2D eigenvalue weighted by Gasteiger charge is 2.15. The fraction of sp³-hybridized carbons (Fsp3) is 0.143. The first-order valence-corrected chi connectivity index (χ1v) is 7.35. The molecule has 0 saturated heterocycles. The van der Waals surface area contributed by atoms with Gasteiger partial charge < -0.3 is 0 Å². The lowest BCUT2D eigenvalue weighted by molar-refractivity contribution is 0.527. The van der Waals surface area contributed by atoms with E-state index in [9.17, 15) is 4.39 Å². The van der Waals surface area contributed by atoms with Gasteiger partial charge in [0.1, 0.15) is 5.82 Å². The van der Waals surface area contributed by atoms with Crippen molar-refractivity contribution < 1.29 is 4.39 Å². The lowest BCUT2D eigenvalue weighted by atomic mass is 9.99. The van der Waals surface area contributed by atoms with Crippen LogP contribution < -0.4 is 11.3 Å². The normalized spacial score (nSPS) is 12.4. The molecular formula is C14H13Br2FN2. The molecule has 0 radical (unpaired) electrons. The Labute approximate surface area is 128 Å². The molecule has 3 N–H and O–H groups in total. The number of nitrogens with one attached hydrogen (secondary N) is 1. The number of hydrogen-bond donors (Lipinski definition) is 2. The summed E-state index contributed by atoms with van der Waals surface area (Å²) in [4.78, 5) is 0. The van der Waals surface area contributed by atoms with Gasteiger partial charge in [0.05, 0.1) is 6.04 Å². The van der Waals surface area contributed by atoms with Crippen LogP contribution in [0.1, 0.15) is 17.2 Å². The highest BCUT2D eigenvalue weighted by atomic mass is 79.9. The van der Waals surface area contributed by atoms with Crippen LogP contribution in [0.3, 0.4) is 0 Å². The molecule has 2 nitrogen and oxygen atoms in total. The van der Waals surface area contributed by atoms with Gasteiger partial charge in [-0.15, -0.1) is 0 Å². The zero-order valence-corrected chi connectivity index (χ0v) is 13.2. The van der Waals surface area contributed by atoms with Crippen LogP contribution in [0.2, 0.25) is 0 Å². The van der Waals surface area contributed by atoms with E-state index in [0.717, 1.165) is 14.5 Å². The van der Waals surface area contributed by atoms with Crippen molar-refractivity contribution in [3.63, 3.8) is 0 Å². The third-order valence-electron chi connectivity index (χ3n) is 2.92. The predicted octanol–water partition coefficient (Wildman–Crippen LogP) is 4.10. The number of nitrogens with two attached hydrogens (primary N) is 1. The number of benzene rings is 2. The third-order valence-corrected chi connectivity index (χ3v) is 4.10. The minimum Gasteiger partial charge on any atom is -0.271 e. The lowest BCUT2D eigenvalue weighted by Gasteiger charge is -2.18. The van der Waals surface area contributed by atoms with Gasteiger partial charge in [-0.1, -0.05) is 56.1 Å². The molecule has 1 unspecified atom stereocenters. The number of halogens is 3. The van der Waals surface area contributed by atoms with E-state index in [4.69, 9.17) is 5.84 Å². The van der Waals surface area contributed by atoms with E-state index >= 15 is 0 Å². The molecule has 0 aromatic heterocycles. The number of rotatable bonds is 4. The predicted molar refractivity (Wildman–Crippen MR) is 82.0 cm³/mol. The van der Waals surface area contributed by atoms with Gasteiger partial charge in [0, 0.05) is 8.95 Å². The summed E-state index contributed by atoms with van der Waals surface area (Å²) in [6.45, 7) is 0. The summed E-state index contributed by atoms with van der Waals surface area (Å²) < 4.78 is 15.6. The Kier molecular flexibility index (Phi) is 5.10. The molecule has 2 aromatic rings. The van der Waals surface area contributed by atoms with E-state index in [0.29, 0.717) is 12.0 Å². The first kappa shape index (κ1) is 14.7. The quantitative estimate of drug-likeness (QED) is 0.612. The second-order valence-electron chi connectivity index (χ2n) is 4.18. The molecule has 0 spiro atoms. The Morgan fingerprint density at radius 2 is 1.89 bits per heavy atom. The molecule has 0 saturated carbocycles. The second kappa shape index (κ2) is 6.61. The van der Waals surface area contributed by atoms with Gasteiger partial charge in [-0.05, 0) is 35.7 Å². The van der Waals surface area contributed by atoms with Crippen molar-refractivity contribution in [2.45, 2.75) is 12.5 Å². The first-order chi connectivity index (χ1) is 9.11. The maximum absolute atomic E-state index is 13.7. The monoisotopic (exact) mass is 386 g/mol. The summed E-state index contributed by atoms with van der Waals surface area (Å²) in [6.07, 6.45) is 0.489. The minimum atomic E-state index is -0.212. The van der Waals surface area contributed by atoms with Crippen LogP contribution in [0.5, 0.6) is 0 Å². The molecule has 5 heteroatoms. The summed E-state index contributed by atoms with van der Waals surface area (Å²) in [5.74, 6) is 5.39. The molecule has 1 atom stereocenters. The van der Waals surface area contributed by atoms with Crippen LogP contribution >= 0.6 is 31.9 Å². The van der Waals surface area contributed by atoms with E-state index in [1.165, 1.54) is 6.07 Å². The van der Waals surface area contributed by atoms with Crippen LogP contribution in [-0.2, 0) is 6.42 Å². The first-order valence-electron chi connectivity index (χ1n) is 5.76. The summed E-state index contributed by atoms with van der Waals surface area (Å²) >= 11 is 6.91. The Morgan fingerprint density at radius 3 is 2.53 bits per heavy atom. The molecule has 19 heavy (non-hydrogen) atoms. The number of hydrogen-bond acceptors (Lipinski definition) is 2. The van der Waals surface area contributed by atoms with E-state index < -0.39 is 0 Å². The topological polar surface area (TPSA) is 38.0 Å². The molecule has 0 amide bonds. The third kappa shape index (κ3) is 3.63. The Bertz CT molecular complexity index is 575. The molecule has 2 aromatic carbocycles. The molecular weight excluding hydrogens is 375 g/mol. The van der Waals surface area contributed by atoms with Crippen molar-refractivity contribution >= 4 is 31.9 Å². The molecule has 0 aliphatic carbocycles. The van der Waals surface area contributed by atoms with Crippen LogP contribution in [-0.4, -0.2) is 0 Å². The molecule has 0 bridgehead atoms. The minimum absolute atomic E-state index is 0.153. The van der Waals surface area contributed by atoms with Crippen LogP contribution in [0.25, 0.3) is 0 Å². The van der Waals surface area contributed by atoms with Gasteiger partial charge in [-0.2, -0.15) is 0 Å². The lowest BCUT2D eigenvalue weighted by Crippen LogP contribution is -2.30. The molecule has 0 aliphatic heterocycles. The molecule has 100 valence electrons. The van der Waals surface area contributed by atoms with Crippen LogP contribution in [0, 0.1) is 5.82 Å². The largest absolute Gasteiger partial charge is 0.271 e. The van der Waals surface area contributed by atoms with Gasteiger partial charge in [0.2, 0.25) is 0 Å². The van der Waals surface area contributed by atoms with Crippen LogP contribution in [0.15, 0.2) is 51.4 Å². The fourth-order valence-corrected chi connectivity index (χ4v) is 3.25. The molecule has 0 fully saturated rings. The van der Waals surface area contributed by atoms with Crippen LogP contribution in [0.4, 0.5) is 4.39 Å². The Morgan fingerprint density at radius 1 is 1.16 bits per heavy atom. The number of hydrazine groups is 1. The summed E-state index contributed by atoms with van der Waals surface area (Å²) in [7, 11) is 0. The van der Waals surface area contributed by atoms with Crippen molar-refractivity contribution in [1.29, 1.82) is 0 Å². The van der Waals surface area contributed by atoms with Gasteiger partial charge in [0.15, 0.2) is 0 Å². The zero-order chi connectivity index (χ0) is 13.8. The molecule has 0 aliphatic rings. The van der Waals surface area contributed by atoms with Gasteiger partial charge in [-0.25, -0.2) is 4.39 Å². The maximum atomic E-state index is 13.7. The Hall–Kier alpha value is -0.750. The Balaban J connectivity index is 2.28. The van der Waals surface area contributed by atoms with Gasteiger partial charge in [-0.3, -0.25) is 11.3 Å². The van der Waals surface area contributed by atoms with E-state index in [1.807, 2.05) is 24.3 Å². The highest BCUT2D eigenvalue weighted by Crippen LogP contribution is 2.29. The standard InChI is InChI=1S/C14H13Br2FN2/c15-10-5-6-11(12(16)8-10)14(19-18)7-9-3-1-2-4-13(9)17/h1-6,8,14,19H,7,18H2. The highest BCUT2D eigenvalue weighted by molar-refractivity contribution is 9.11. The van der Waals surface area contributed by atoms with E-state index in [1.54, 1.807) is 12.1 Å². The molecule has 2 rings (SSSR count). The fourth-order valence-electron chi connectivity index (χ4n) is 1.93. The SMILES string of the molecule is NNC(Cc1ccccc1F)c1ccc(Br)cc1Br. The van der Waals surface area contributed by atoms with Gasteiger partial charge in [0.25, 0.3) is 0 Å². The van der Waals surface area contributed by atoms with Gasteiger partial charge >= 0.3 is 0 Å². The van der Waals surface area contributed by atoms with E-state index in [2.05, 4.69) is 37.3 Å². The maximum Gasteiger partial charge on any atom is 0.126 e. The average Bonchev–Trinajstić information content (AvgIpc) is 2.39. The van der Waals surface area contributed by atoms with Crippen molar-refractivity contribution in [3.8, 4) is 0 Å². The molecule has 0 heterocycles. The van der Waals surface area contributed by atoms with E-state index in [-0.39, 0.29) is 11.9 Å². The second-order valence-corrected chi connectivity index (χ2v) is 5.95. The van der Waals surface area contributed by atoms with Crippen molar-refractivity contribution in [2.24, 2.45) is 5.84 Å². The average molecular weight is 388 g/mol. The van der Waals surface area contributed by atoms with Crippen molar-refractivity contribution in [2.75, 3.05) is 0 Å².